The monoisotopic (exact) mass is 457 g/mol. The average Bonchev–Trinajstić information content (AvgIpc) is 2.72. The van der Waals surface area contributed by atoms with Gasteiger partial charge in [0.05, 0.1) is 12.3 Å². The van der Waals surface area contributed by atoms with Crippen LogP contribution in [0.4, 0.5) is 4.79 Å². The number of nitrogens with zero attached hydrogens (tertiary/aromatic N) is 1. The van der Waals surface area contributed by atoms with Gasteiger partial charge in [-0.1, -0.05) is 30.3 Å². The zero-order chi connectivity index (χ0) is 23.3. The summed E-state index contributed by atoms with van der Waals surface area (Å²) in [6.07, 6.45) is 0.677. The molecule has 0 aliphatic heterocycles. The van der Waals surface area contributed by atoms with Gasteiger partial charge in [-0.2, -0.15) is 0 Å². The van der Waals surface area contributed by atoms with Crippen LogP contribution in [0.1, 0.15) is 18.4 Å². The Labute approximate surface area is 183 Å². The highest BCUT2D eigenvalue weighted by molar-refractivity contribution is 7.90. The maximum Gasteiger partial charge on any atom is 0.408 e. The van der Waals surface area contributed by atoms with Crippen molar-refractivity contribution in [2.75, 3.05) is 45.9 Å². The molecule has 1 atom stereocenters. The highest BCUT2D eigenvalue weighted by Crippen LogP contribution is 2.04. The van der Waals surface area contributed by atoms with Crippen LogP contribution in [0.5, 0.6) is 0 Å². The number of sulfone groups is 1. The molecule has 0 saturated carbocycles. The third-order valence-corrected chi connectivity index (χ3v) is 5.16. The van der Waals surface area contributed by atoms with Gasteiger partial charge in [-0.05, 0) is 18.4 Å². The summed E-state index contributed by atoms with van der Waals surface area (Å²) in [6.45, 7) is 0.662. The highest BCUT2D eigenvalue weighted by atomic mass is 32.2. The topological polar surface area (TPSA) is 131 Å². The van der Waals surface area contributed by atoms with E-state index in [0.29, 0.717) is 19.6 Å². The van der Waals surface area contributed by atoms with E-state index in [9.17, 15) is 22.8 Å². The minimum absolute atomic E-state index is 0.000615. The Kier molecular flexibility index (Phi) is 11.6. The van der Waals surface area contributed by atoms with Crippen molar-refractivity contribution < 1.29 is 32.3 Å². The lowest BCUT2D eigenvalue weighted by atomic mass is 10.2. The molecule has 174 valence electrons. The second-order valence-corrected chi connectivity index (χ2v) is 9.33. The Hall–Kier alpha value is -2.66. The van der Waals surface area contributed by atoms with Gasteiger partial charge in [-0.15, -0.1) is 0 Å². The molecule has 1 aromatic carbocycles. The minimum Gasteiger partial charge on any atom is -0.445 e. The second kappa shape index (κ2) is 13.6. The number of rotatable bonds is 13. The number of hydrogen-bond acceptors (Lipinski definition) is 7. The lowest BCUT2D eigenvalue weighted by molar-refractivity contribution is -0.136. The van der Waals surface area contributed by atoms with Crippen molar-refractivity contribution in [3.8, 4) is 0 Å². The molecule has 10 nitrogen and oxygen atoms in total. The SMILES string of the molecule is COCCCNC(=O)CN(C)C(=O)C(CCS(C)(=O)=O)NC(=O)OCc1ccccc1. The Bertz CT molecular complexity index is 815. The molecule has 0 aliphatic rings. The van der Waals surface area contributed by atoms with E-state index in [4.69, 9.17) is 9.47 Å². The molecular weight excluding hydrogens is 426 g/mol. The Morgan fingerprint density at radius 1 is 1.16 bits per heavy atom. The highest BCUT2D eigenvalue weighted by Gasteiger charge is 2.27. The summed E-state index contributed by atoms with van der Waals surface area (Å²) in [4.78, 5) is 38.0. The van der Waals surface area contributed by atoms with Crippen molar-refractivity contribution in [2.45, 2.75) is 25.5 Å². The van der Waals surface area contributed by atoms with E-state index in [1.807, 2.05) is 6.07 Å². The van der Waals surface area contributed by atoms with E-state index in [0.717, 1.165) is 16.7 Å². The zero-order valence-electron chi connectivity index (χ0n) is 18.1. The van der Waals surface area contributed by atoms with Crippen LogP contribution in [-0.2, 0) is 35.5 Å². The normalized spacial score (nSPS) is 12.0. The molecule has 0 heterocycles. The number of methoxy groups -OCH3 is 1. The maximum absolute atomic E-state index is 12.7. The summed E-state index contributed by atoms with van der Waals surface area (Å²) in [5.74, 6) is -1.27. The predicted octanol–water partition coefficient (Wildman–Crippen LogP) is 0.327. The van der Waals surface area contributed by atoms with Crippen LogP contribution in [0.2, 0.25) is 0 Å². The third-order valence-electron chi connectivity index (χ3n) is 4.18. The molecule has 0 spiro atoms. The van der Waals surface area contributed by atoms with Gasteiger partial charge in [0.25, 0.3) is 0 Å². The molecule has 3 amide bonds. The van der Waals surface area contributed by atoms with Gasteiger partial charge in [0, 0.05) is 33.6 Å². The van der Waals surface area contributed by atoms with Gasteiger partial charge in [0.15, 0.2) is 0 Å². The lowest BCUT2D eigenvalue weighted by Crippen LogP contribution is -2.50. The molecule has 1 rings (SSSR count). The van der Waals surface area contributed by atoms with E-state index in [2.05, 4.69) is 10.6 Å². The fourth-order valence-electron chi connectivity index (χ4n) is 2.56. The fourth-order valence-corrected chi connectivity index (χ4v) is 3.22. The molecule has 0 aliphatic carbocycles. The molecule has 0 aromatic heterocycles. The zero-order valence-corrected chi connectivity index (χ0v) is 18.9. The first-order chi connectivity index (χ1) is 14.6. The Morgan fingerprint density at radius 3 is 2.45 bits per heavy atom. The first kappa shape index (κ1) is 26.4. The number of carbonyl (C=O) groups excluding carboxylic acids is 3. The number of amides is 3. The van der Waals surface area contributed by atoms with Crippen molar-refractivity contribution in [2.24, 2.45) is 0 Å². The van der Waals surface area contributed by atoms with Crippen LogP contribution in [0.25, 0.3) is 0 Å². The van der Waals surface area contributed by atoms with Crippen LogP contribution >= 0.6 is 0 Å². The van der Waals surface area contributed by atoms with Crippen molar-refractivity contribution in [3.05, 3.63) is 35.9 Å². The molecule has 31 heavy (non-hydrogen) atoms. The molecular formula is C20H31N3O7S. The largest absolute Gasteiger partial charge is 0.445 e. The number of ether oxygens (including phenoxy) is 2. The first-order valence-corrected chi connectivity index (χ1v) is 11.8. The Balaban J connectivity index is 2.66. The van der Waals surface area contributed by atoms with E-state index >= 15 is 0 Å². The first-order valence-electron chi connectivity index (χ1n) is 9.78. The summed E-state index contributed by atoms with van der Waals surface area (Å²) in [7, 11) is -0.401. The maximum atomic E-state index is 12.7. The summed E-state index contributed by atoms with van der Waals surface area (Å²) in [5.41, 5.74) is 0.763. The number of benzene rings is 1. The lowest BCUT2D eigenvalue weighted by Gasteiger charge is -2.24. The molecule has 1 aromatic rings. The third kappa shape index (κ3) is 11.9. The molecule has 2 N–H and O–H groups in total. The summed E-state index contributed by atoms with van der Waals surface area (Å²) in [5, 5.41) is 5.07. The van der Waals surface area contributed by atoms with Gasteiger partial charge in [-0.3, -0.25) is 9.59 Å². The van der Waals surface area contributed by atoms with E-state index in [1.54, 1.807) is 31.4 Å². The standard InChI is InChI=1S/C20H31N3O7S/c1-23(14-18(24)21-11-7-12-29-2)19(25)17(10-13-31(3,27)28)22-20(26)30-15-16-8-5-4-6-9-16/h4-6,8-9,17H,7,10-15H2,1-3H3,(H,21,24)(H,22,26). The van der Waals surface area contributed by atoms with Crippen molar-refractivity contribution >= 4 is 27.7 Å². The van der Waals surface area contributed by atoms with Crippen molar-refractivity contribution in [3.63, 3.8) is 0 Å². The van der Waals surface area contributed by atoms with Crippen LogP contribution in [0.15, 0.2) is 30.3 Å². The molecule has 1 unspecified atom stereocenters. The number of carbonyl (C=O) groups is 3. The van der Waals surface area contributed by atoms with Crippen molar-refractivity contribution in [1.29, 1.82) is 0 Å². The number of alkyl carbamates (subject to hydrolysis) is 1. The van der Waals surface area contributed by atoms with Crippen LogP contribution < -0.4 is 10.6 Å². The molecule has 0 saturated heterocycles. The van der Waals surface area contributed by atoms with Gasteiger partial charge in [0.2, 0.25) is 11.8 Å². The summed E-state index contributed by atoms with van der Waals surface area (Å²) in [6, 6.07) is 7.82. The number of likely N-dealkylation sites (N-methyl/N-ethyl adjacent to an activating group) is 1. The van der Waals surface area contributed by atoms with Gasteiger partial charge >= 0.3 is 6.09 Å². The van der Waals surface area contributed by atoms with Gasteiger partial charge < -0.3 is 25.0 Å². The smallest absolute Gasteiger partial charge is 0.408 e. The summed E-state index contributed by atoms with van der Waals surface area (Å²) >= 11 is 0. The van der Waals surface area contributed by atoms with E-state index < -0.39 is 27.9 Å². The number of nitrogens with one attached hydrogen (secondary N) is 2. The van der Waals surface area contributed by atoms with Crippen LogP contribution in [0, 0.1) is 0 Å². The fraction of sp³-hybridized carbons (Fsp3) is 0.550. The molecule has 0 fully saturated rings. The minimum atomic E-state index is -3.36. The number of hydrogen-bond donors (Lipinski definition) is 2. The average molecular weight is 458 g/mol. The quantitative estimate of drug-likeness (QED) is 0.408. The van der Waals surface area contributed by atoms with Crippen molar-refractivity contribution in [1.82, 2.24) is 15.5 Å². The van der Waals surface area contributed by atoms with Gasteiger partial charge in [0.1, 0.15) is 22.5 Å². The Morgan fingerprint density at radius 2 is 1.84 bits per heavy atom. The van der Waals surface area contributed by atoms with Crippen LogP contribution in [-0.4, -0.2) is 83.1 Å². The second-order valence-electron chi connectivity index (χ2n) is 7.07. The summed E-state index contributed by atoms with van der Waals surface area (Å²) < 4.78 is 33.1. The van der Waals surface area contributed by atoms with E-state index in [1.165, 1.54) is 7.05 Å². The van der Waals surface area contributed by atoms with E-state index in [-0.39, 0.29) is 31.2 Å². The molecule has 0 bridgehead atoms. The molecule has 11 heteroatoms. The predicted molar refractivity (Wildman–Crippen MR) is 115 cm³/mol. The molecule has 0 radical (unpaired) electrons. The van der Waals surface area contributed by atoms with Gasteiger partial charge in [-0.25, -0.2) is 13.2 Å². The van der Waals surface area contributed by atoms with Crippen LogP contribution in [0.3, 0.4) is 0 Å².